The van der Waals surface area contributed by atoms with Crippen LogP contribution >= 0.6 is 50.5 Å². The van der Waals surface area contributed by atoms with Crippen LogP contribution in [0.3, 0.4) is 0 Å². The lowest BCUT2D eigenvalue weighted by Gasteiger charge is -2.34. The van der Waals surface area contributed by atoms with Gasteiger partial charge in [0.1, 0.15) is 0 Å². The van der Waals surface area contributed by atoms with Gasteiger partial charge in [0.05, 0.1) is 12.6 Å². The molecule has 0 spiro atoms. The summed E-state index contributed by atoms with van der Waals surface area (Å²) in [6.45, 7) is -0.0853. The molecule has 2 atom stereocenters. The van der Waals surface area contributed by atoms with Crippen molar-refractivity contribution in [3.05, 3.63) is 56.5 Å². The molecule has 136 valence electrons. The monoisotopic (exact) mass is 481 g/mol. The highest BCUT2D eigenvalue weighted by Gasteiger charge is 2.59. The fourth-order valence-electron chi connectivity index (χ4n) is 2.81. The molecule has 0 radical (unpaired) electrons. The third-order valence-corrected chi connectivity index (χ3v) is 6.03. The highest BCUT2D eigenvalue weighted by Crippen LogP contribution is 2.48. The molecule has 2 unspecified atom stereocenters. The second-order valence-corrected chi connectivity index (χ2v) is 9.01. The first-order valence-corrected chi connectivity index (χ1v) is 9.53. The fourth-order valence-corrected chi connectivity index (χ4v) is 4.63. The molecule has 0 aliphatic carbocycles. The number of thiazole rings is 1. The summed E-state index contributed by atoms with van der Waals surface area (Å²) in [4.78, 5) is 5.57. The van der Waals surface area contributed by atoms with Crippen LogP contribution in [0.2, 0.25) is 9.49 Å². The van der Waals surface area contributed by atoms with Crippen molar-refractivity contribution in [2.75, 3.05) is 0 Å². The van der Waals surface area contributed by atoms with Crippen molar-refractivity contribution >= 4 is 56.2 Å². The maximum absolute atomic E-state index is 13.8. The number of nitrogens with zero attached hydrogens (tertiary/aromatic N) is 3. The Balaban J connectivity index is 2.10. The molecular weight excluding hydrogens is 474 g/mol. The summed E-state index contributed by atoms with van der Waals surface area (Å²) >= 11 is 15.8. The molecule has 2 aromatic rings. The average Bonchev–Trinajstić information content (AvgIpc) is 3.09. The van der Waals surface area contributed by atoms with E-state index in [1.54, 1.807) is 30.3 Å². The summed E-state index contributed by atoms with van der Waals surface area (Å²) in [6.07, 6.45) is -1.92. The first-order valence-electron chi connectivity index (χ1n) is 7.16. The van der Waals surface area contributed by atoms with Gasteiger partial charge in [0, 0.05) is 21.8 Å². The Morgan fingerprint density at radius 2 is 1.96 bits per heavy atom. The number of nitriles is 1. The molecule has 0 bridgehead atoms. The Morgan fingerprint density at radius 1 is 1.31 bits per heavy atom. The second kappa shape index (κ2) is 7.04. The molecule has 10 heteroatoms. The van der Waals surface area contributed by atoms with E-state index < -0.39 is 16.5 Å². The van der Waals surface area contributed by atoms with E-state index in [2.05, 4.69) is 20.9 Å². The first kappa shape index (κ1) is 19.5. The standard InChI is InChI=1S/C16H9BrCl2F3N3S/c17-15(8-23)5-12(9-1-3-10(18)4-2-9)25(13(15)16(20,21)22)7-11-6-24-14(19)26-11/h1-6,13H,7H2. The summed E-state index contributed by atoms with van der Waals surface area (Å²) in [6, 6.07) is 6.08. The zero-order valence-corrected chi connectivity index (χ0v) is 16.7. The Labute approximate surface area is 169 Å². The number of alkyl halides is 4. The molecule has 1 aliphatic rings. The van der Waals surface area contributed by atoms with Crippen molar-refractivity contribution in [1.29, 1.82) is 5.26 Å². The van der Waals surface area contributed by atoms with Crippen LogP contribution < -0.4 is 0 Å². The average molecular weight is 483 g/mol. The molecule has 0 amide bonds. The summed E-state index contributed by atoms with van der Waals surface area (Å²) in [5.41, 5.74) is 0.808. The highest BCUT2D eigenvalue weighted by atomic mass is 79.9. The van der Waals surface area contributed by atoms with E-state index in [0.29, 0.717) is 15.5 Å². The van der Waals surface area contributed by atoms with Gasteiger partial charge in [0.15, 0.2) is 14.8 Å². The fraction of sp³-hybridized carbons (Fsp3) is 0.250. The van der Waals surface area contributed by atoms with Gasteiger partial charge in [-0.25, -0.2) is 4.98 Å². The molecule has 1 aromatic heterocycles. The third-order valence-electron chi connectivity index (χ3n) is 3.84. The van der Waals surface area contributed by atoms with Crippen LogP contribution in [-0.2, 0) is 6.54 Å². The maximum atomic E-state index is 13.8. The van der Waals surface area contributed by atoms with Crippen molar-refractivity contribution in [2.24, 2.45) is 0 Å². The van der Waals surface area contributed by atoms with E-state index in [4.69, 9.17) is 23.2 Å². The Morgan fingerprint density at radius 3 is 2.46 bits per heavy atom. The van der Waals surface area contributed by atoms with Crippen molar-refractivity contribution in [3.8, 4) is 6.07 Å². The van der Waals surface area contributed by atoms with Crippen LogP contribution in [0.4, 0.5) is 13.2 Å². The summed E-state index contributed by atoms with van der Waals surface area (Å²) in [5.74, 6) is 0. The number of halogens is 6. The quantitative estimate of drug-likeness (QED) is 0.511. The molecule has 26 heavy (non-hydrogen) atoms. The predicted octanol–water partition coefficient (Wildman–Crippen LogP) is 5.89. The zero-order chi connectivity index (χ0) is 19.1. The summed E-state index contributed by atoms with van der Waals surface area (Å²) in [5, 5.41) is 9.90. The molecule has 0 fully saturated rings. The summed E-state index contributed by atoms with van der Waals surface area (Å²) in [7, 11) is 0. The van der Waals surface area contributed by atoms with E-state index in [0.717, 1.165) is 16.2 Å². The van der Waals surface area contributed by atoms with E-state index in [9.17, 15) is 18.4 Å². The molecule has 3 nitrogen and oxygen atoms in total. The zero-order valence-electron chi connectivity index (χ0n) is 12.8. The predicted molar refractivity (Wildman–Crippen MR) is 99.2 cm³/mol. The van der Waals surface area contributed by atoms with Gasteiger partial charge in [-0.05, 0) is 23.8 Å². The van der Waals surface area contributed by atoms with Crippen molar-refractivity contribution in [2.45, 2.75) is 23.1 Å². The van der Waals surface area contributed by atoms with Gasteiger partial charge in [-0.3, -0.25) is 0 Å². The van der Waals surface area contributed by atoms with Crippen molar-refractivity contribution in [3.63, 3.8) is 0 Å². The number of hydrogen-bond donors (Lipinski definition) is 0. The molecule has 2 heterocycles. The van der Waals surface area contributed by atoms with Crippen molar-refractivity contribution in [1.82, 2.24) is 9.88 Å². The first-order chi connectivity index (χ1) is 12.1. The van der Waals surface area contributed by atoms with Crippen LogP contribution in [0.25, 0.3) is 5.70 Å². The summed E-state index contributed by atoms with van der Waals surface area (Å²) < 4.78 is 39.8. The normalized spacial score (nSPS) is 23.0. The number of benzene rings is 1. The van der Waals surface area contributed by atoms with Gasteiger partial charge in [0.2, 0.25) is 0 Å². The maximum Gasteiger partial charge on any atom is 0.411 e. The lowest BCUT2D eigenvalue weighted by Crippen LogP contribution is -2.51. The topological polar surface area (TPSA) is 39.9 Å². The van der Waals surface area contributed by atoms with Gasteiger partial charge in [-0.15, -0.1) is 11.3 Å². The molecule has 3 rings (SSSR count). The molecule has 1 aromatic carbocycles. The second-order valence-electron chi connectivity index (χ2n) is 5.57. The molecule has 0 saturated carbocycles. The highest BCUT2D eigenvalue weighted by molar-refractivity contribution is 9.10. The number of rotatable bonds is 3. The van der Waals surface area contributed by atoms with Crippen molar-refractivity contribution < 1.29 is 13.2 Å². The minimum Gasteiger partial charge on any atom is -0.352 e. The van der Waals surface area contributed by atoms with Crippen LogP contribution in [0.1, 0.15) is 10.4 Å². The van der Waals surface area contributed by atoms with Gasteiger partial charge >= 0.3 is 6.18 Å². The van der Waals surface area contributed by atoms with E-state index in [1.165, 1.54) is 12.3 Å². The molecule has 1 aliphatic heterocycles. The van der Waals surface area contributed by atoms with E-state index >= 15 is 0 Å². The van der Waals surface area contributed by atoms with Gasteiger partial charge in [0.25, 0.3) is 0 Å². The Bertz CT molecular complexity index is 891. The van der Waals surface area contributed by atoms with Crippen LogP contribution in [-0.4, -0.2) is 26.4 Å². The van der Waals surface area contributed by atoms with E-state index in [-0.39, 0.29) is 16.7 Å². The number of aromatic nitrogens is 1. The lowest BCUT2D eigenvalue weighted by atomic mass is 10.0. The van der Waals surface area contributed by atoms with Gasteiger partial charge < -0.3 is 4.90 Å². The molecule has 0 saturated heterocycles. The SMILES string of the molecule is N#CC1(Br)C=C(c2ccc(Cl)cc2)N(Cc2cnc(Cl)s2)C1C(F)(F)F. The Kier molecular flexibility index (Phi) is 5.28. The number of hydrogen-bond acceptors (Lipinski definition) is 4. The van der Waals surface area contributed by atoms with E-state index in [1.807, 2.05) is 0 Å². The lowest BCUT2D eigenvalue weighted by molar-refractivity contribution is -0.174. The van der Waals surface area contributed by atoms with Gasteiger partial charge in [-0.2, -0.15) is 18.4 Å². The molecule has 0 N–H and O–H groups in total. The van der Waals surface area contributed by atoms with Crippen LogP contribution in [0.5, 0.6) is 0 Å². The Hall–Kier alpha value is -1.27. The minimum absolute atomic E-state index is 0.0853. The molecular formula is C16H9BrCl2F3N3S. The largest absolute Gasteiger partial charge is 0.411 e. The van der Waals surface area contributed by atoms with Crippen LogP contribution in [0, 0.1) is 11.3 Å². The third kappa shape index (κ3) is 3.72. The minimum atomic E-state index is -4.64. The smallest absolute Gasteiger partial charge is 0.352 e. The van der Waals surface area contributed by atoms with Crippen LogP contribution in [0.15, 0.2) is 36.5 Å². The van der Waals surface area contributed by atoms with Gasteiger partial charge in [-0.1, -0.05) is 51.3 Å².